The van der Waals surface area contributed by atoms with Crippen molar-refractivity contribution in [1.29, 1.82) is 0 Å². The second-order valence-corrected chi connectivity index (χ2v) is 2.67. The van der Waals surface area contributed by atoms with Gasteiger partial charge in [0.2, 0.25) is 0 Å². The van der Waals surface area contributed by atoms with Crippen LogP contribution in [0.3, 0.4) is 0 Å². The van der Waals surface area contributed by atoms with E-state index in [9.17, 15) is 0 Å². The molecule has 0 atom stereocenters. The summed E-state index contributed by atoms with van der Waals surface area (Å²) in [6, 6.07) is 0. The van der Waals surface area contributed by atoms with Gasteiger partial charge in [0, 0.05) is 19.3 Å². The summed E-state index contributed by atoms with van der Waals surface area (Å²) in [6.07, 6.45) is 0. The fourth-order valence-corrected chi connectivity index (χ4v) is 1.07. The summed E-state index contributed by atoms with van der Waals surface area (Å²) in [5.41, 5.74) is 3.98. The second kappa shape index (κ2) is 1.90. The van der Waals surface area contributed by atoms with Gasteiger partial charge in [-0.15, -0.1) is 0 Å². The van der Waals surface area contributed by atoms with E-state index in [4.69, 9.17) is 0 Å². The number of hydrogen-bond donors (Lipinski definition) is 0. The lowest BCUT2D eigenvalue weighted by Gasteiger charge is -2.10. The molecule has 0 N–H and O–H groups in total. The summed E-state index contributed by atoms with van der Waals surface area (Å²) in [5.74, 6) is 0. The predicted molar refractivity (Wildman–Crippen MR) is 40.1 cm³/mol. The van der Waals surface area contributed by atoms with E-state index in [0.29, 0.717) is 0 Å². The zero-order valence-corrected chi connectivity index (χ0v) is 6.36. The van der Waals surface area contributed by atoms with E-state index in [-0.39, 0.29) is 0 Å². The minimum atomic E-state index is 1.01. The normalized spacial score (nSPS) is 19.9. The van der Waals surface area contributed by atoms with Gasteiger partial charge in [-0.2, -0.15) is 0 Å². The molecular formula is C8H13N. The number of hydrogen-bond acceptors (Lipinski definition) is 1. The Kier molecular flexibility index (Phi) is 1.35. The molecule has 0 unspecified atom stereocenters. The predicted octanol–water partition coefficient (Wildman–Crippen LogP) is 1.78. The molecule has 0 aromatic carbocycles. The fourth-order valence-electron chi connectivity index (χ4n) is 1.07. The highest BCUT2D eigenvalue weighted by molar-refractivity contribution is 5.36. The van der Waals surface area contributed by atoms with Crippen LogP contribution in [-0.4, -0.2) is 18.5 Å². The number of likely N-dealkylation sites (N-methyl/N-ethyl adjacent to an activating group) is 1. The first kappa shape index (κ1) is 6.40. The van der Waals surface area contributed by atoms with E-state index < -0.39 is 0 Å². The SMILES string of the molecule is C=C1CN(C)C(C)=C1C. The maximum absolute atomic E-state index is 3.94. The summed E-state index contributed by atoms with van der Waals surface area (Å²) >= 11 is 0. The van der Waals surface area contributed by atoms with Gasteiger partial charge in [-0.1, -0.05) is 6.58 Å². The van der Waals surface area contributed by atoms with Gasteiger partial charge < -0.3 is 4.90 Å². The lowest BCUT2D eigenvalue weighted by atomic mass is 10.2. The van der Waals surface area contributed by atoms with Gasteiger partial charge in [0.1, 0.15) is 0 Å². The summed E-state index contributed by atoms with van der Waals surface area (Å²) < 4.78 is 0. The Morgan fingerprint density at radius 1 is 1.44 bits per heavy atom. The first-order valence-corrected chi connectivity index (χ1v) is 3.19. The maximum atomic E-state index is 3.94. The molecule has 1 nitrogen and oxygen atoms in total. The molecule has 1 aliphatic rings. The monoisotopic (exact) mass is 123 g/mol. The van der Waals surface area contributed by atoms with Crippen molar-refractivity contribution in [1.82, 2.24) is 4.90 Å². The molecule has 0 saturated heterocycles. The van der Waals surface area contributed by atoms with E-state index >= 15 is 0 Å². The molecule has 1 aliphatic heterocycles. The summed E-state index contributed by atoms with van der Waals surface area (Å²) in [5, 5.41) is 0. The minimum Gasteiger partial charge on any atom is -0.374 e. The molecule has 0 aromatic heterocycles. The molecule has 9 heavy (non-hydrogen) atoms. The van der Waals surface area contributed by atoms with Crippen LogP contribution in [0.4, 0.5) is 0 Å². The van der Waals surface area contributed by atoms with Gasteiger partial charge in [-0.3, -0.25) is 0 Å². The molecule has 1 rings (SSSR count). The molecule has 0 spiro atoms. The van der Waals surface area contributed by atoms with Crippen molar-refractivity contribution in [3.63, 3.8) is 0 Å². The summed E-state index contributed by atoms with van der Waals surface area (Å²) in [6.45, 7) is 9.21. The standard InChI is InChI=1S/C8H13N/c1-6-5-9(4)8(3)7(6)2/h1,5H2,2-4H3. The highest BCUT2D eigenvalue weighted by Gasteiger charge is 2.14. The van der Waals surface area contributed by atoms with Crippen LogP contribution >= 0.6 is 0 Å². The maximum Gasteiger partial charge on any atom is 0.0420 e. The topological polar surface area (TPSA) is 3.24 Å². The van der Waals surface area contributed by atoms with Crippen LogP contribution in [-0.2, 0) is 0 Å². The van der Waals surface area contributed by atoms with Crippen molar-refractivity contribution in [3.8, 4) is 0 Å². The molecule has 1 heteroatoms. The number of rotatable bonds is 0. The van der Waals surface area contributed by atoms with Gasteiger partial charge in [0.15, 0.2) is 0 Å². The van der Waals surface area contributed by atoms with Crippen LogP contribution in [0, 0.1) is 0 Å². The first-order valence-electron chi connectivity index (χ1n) is 3.19. The Hall–Kier alpha value is -0.720. The first-order chi connectivity index (χ1) is 4.13. The van der Waals surface area contributed by atoms with Crippen LogP contribution < -0.4 is 0 Å². The lowest BCUT2D eigenvalue weighted by molar-refractivity contribution is 0.481. The van der Waals surface area contributed by atoms with E-state index in [2.05, 4.69) is 32.4 Å². The van der Waals surface area contributed by atoms with Crippen molar-refractivity contribution >= 4 is 0 Å². The lowest BCUT2D eigenvalue weighted by Crippen LogP contribution is -2.10. The van der Waals surface area contributed by atoms with Crippen molar-refractivity contribution in [3.05, 3.63) is 23.4 Å². The molecule has 0 saturated carbocycles. The smallest absolute Gasteiger partial charge is 0.0420 e. The van der Waals surface area contributed by atoms with Crippen LogP contribution in [0.25, 0.3) is 0 Å². The van der Waals surface area contributed by atoms with E-state index in [0.717, 1.165) is 6.54 Å². The largest absolute Gasteiger partial charge is 0.374 e. The summed E-state index contributed by atoms with van der Waals surface area (Å²) in [4.78, 5) is 2.22. The molecule has 1 heterocycles. The third-order valence-electron chi connectivity index (χ3n) is 2.07. The molecular weight excluding hydrogens is 110 g/mol. The molecule has 50 valence electrons. The third-order valence-corrected chi connectivity index (χ3v) is 2.07. The molecule has 0 fully saturated rings. The van der Waals surface area contributed by atoms with Crippen molar-refractivity contribution in [2.75, 3.05) is 13.6 Å². The van der Waals surface area contributed by atoms with Gasteiger partial charge in [0.25, 0.3) is 0 Å². The Morgan fingerprint density at radius 2 is 2.00 bits per heavy atom. The van der Waals surface area contributed by atoms with Crippen LogP contribution in [0.1, 0.15) is 13.8 Å². The minimum absolute atomic E-state index is 1.01. The molecule has 0 aliphatic carbocycles. The second-order valence-electron chi connectivity index (χ2n) is 2.67. The van der Waals surface area contributed by atoms with Gasteiger partial charge in [-0.25, -0.2) is 0 Å². The van der Waals surface area contributed by atoms with E-state index in [1.807, 2.05) is 0 Å². The number of nitrogens with zero attached hydrogens (tertiary/aromatic N) is 1. The van der Waals surface area contributed by atoms with Gasteiger partial charge in [-0.05, 0) is 25.0 Å². The highest BCUT2D eigenvalue weighted by atomic mass is 15.1. The zero-order chi connectivity index (χ0) is 7.02. The van der Waals surface area contributed by atoms with Gasteiger partial charge in [0.05, 0.1) is 0 Å². The average Bonchev–Trinajstić information content (AvgIpc) is 1.98. The third kappa shape index (κ3) is 0.869. The molecule has 0 radical (unpaired) electrons. The fraction of sp³-hybridized carbons (Fsp3) is 0.500. The van der Waals surface area contributed by atoms with Crippen molar-refractivity contribution < 1.29 is 0 Å². The molecule has 0 aromatic rings. The Labute approximate surface area is 56.7 Å². The Morgan fingerprint density at radius 3 is 2.11 bits per heavy atom. The van der Waals surface area contributed by atoms with Crippen molar-refractivity contribution in [2.45, 2.75) is 13.8 Å². The van der Waals surface area contributed by atoms with E-state index in [1.54, 1.807) is 0 Å². The van der Waals surface area contributed by atoms with Crippen LogP contribution in [0.2, 0.25) is 0 Å². The summed E-state index contributed by atoms with van der Waals surface area (Å²) in [7, 11) is 2.09. The Balaban J connectivity index is 2.92. The van der Waals surface area contributed by atoms with Crippen molar-refractivity contribution in [2.24, 2.45) is 0 Å². The van der Waals surface area contributed by atoms with Crippen LogP contribution in [0.5, 0.6) is 0 Å². The van der Waals surface area contributed by atoms with Crippen LogP contribution in [0.15, 0.2) is 23.4 Å². The van der Waals surface area contributed by atoms with Gasteiger partial charge >= 0.3 is 0 Å². The quantitative estimate of drug-likeness (QED) is 0.474. The van der Waals surface area contributed by atoms with E-state index in [1.165, 1.54) is 16.8 Å². The average molecular weight is 123 g/mol. The Bertz CT molecular complexity index is 177. The number of allylic oxidation sites excluding steroid dienone is 1. The molecule has 0 bridgehead atoms. The zero-order valence-electron chi connectivity index (χ0n) is 6.36. The molecule has 0 amide bonds. The highest BCUT2D eigenvalue weighted by Crippen LogP contribution is 2.23.